The summed E-state index contributed by atoms with van der Waals surface area (Å²) >= 11 is 5.81. The zero-order valence-electron chi connectivity index (χ0n) is 12.7. The van der Waals surface area contributed by atoms with E-state index < -0.39 is 0 Å². The summed E-state index contributed by atoms with van der Waals surface area (Å²) in [5.74, 6) is 0. The summed E-state index contributed by atoms with van der Waals surface area (Å²) < 4.78 is 1.98. The molecule has 3 rings (SSSR count). The SMILES string of the molecule is Cn1cnc2cc(CCNC(=O)Nc3ccc(Cl)cc3)ccc21. The van der Waals surface area contributed by atoms with Crippen LogP contribution in [0.25, 0.3) is 11.0 Å². The van der Waals surface area contributed by atoms with E-state index in [0.717, 1.165) is 23.0 Å². The average Bonchev–Trinajstić information content (AvgIpc) is 2.90. The van der Waals surface area contributed by atoms with E-state index in [1.165, 1.54) is 0 Å². The summed E-state index contributed by atoms with van der Waals surface area (Å²) in [6, 6.07) is 12.9. The van der Waals surface area contributed by atoms with Crippen LogP contribution in [0.3, 0.4) is 0 Å². The molecule has 2 aromatic carbocycles. The molecule has 6 heteroatoms. The predicted molar refractivity (Wildman–Crippen MR) is 92.9 cm³/mol. The number of imidazole rings is 1. The minimum atomic E-state index is -0.230. The lowest BCUT2D eigenvalue weighted by Crippen LogP contribution is -2.30. The number of anilines is 1. The third-order valence-corrected chi connectivity index (χ3v) is 3.84. The zero-order chi connectivity index (χ0) is 16.2. The number of amides is 2. The van der Waals surface area contributed by atoms with Crippen LogP contribution in [0, 0.1) is 0 Å². The van der Waals surface area contributed by atoms with E-state index in [9.17, 15) is 4.79 Å². The molecule has 0 aliphatic heterocycles. The van der Waals surface area contributed by atoms with Gasteiger partial charge < -0.3 is 15.2 Å². The Morgan fingerprint density at radius 2 is 2.00 bits per heavy atom. The molecule has 0 fully saturated rings. The number of hydrogen-bond acceptors (Lipinski definition) is 2. The van der Waals surface area contributed by atoms with Gasteiger partial charge in [0.05, 0.1) is 17.4 Å². The molecule has 1 aromatic heterocycles. The number of carbonyl (C=O) groups excluding carboxylic acids is 1. The molecule has 0 bridgehead atoms. The van der Waals surface area contributed by atoms with Gasteiger partial charge in [0.2, 0.25) is 0 Å². The van der Waals surface area contributed by atoms with Gasteiger partial charge in [-0.15, -0.1) is 0 Å². The van der Waals surface area contributed by atoms with Crippen LogP contribution >= 0.6 is 11.6 Å². The van der Waals surface area contributed by atoms with E-state index >= 15 is 0 Å². The number of nitrogens with zero attached hydrogens (tertiary/aromatic N) is 2. The molecule has 118 valence electrons. The Balaban J connectivity index is 1.51. The molecule has 2 amide bonds. The van der Waals surface area contributed by atoms with Crippen LogP contribution in [0.4, 0.5) is 10.5 Å². The summed E-state index contributed by atoms with van der Waals surface area (Å²) in [5.41, 5.74) is 3.92. The molecule has 0 radical (unpaired) electrons. The summed E-state index contributed by atoms with van der Waals surface area (Å²) in [6.07, 6.45) is 2.55. The van der Waals surface area contributed by atoms with E-state index in [1.807, 2.05) is 23.7 Å². The average molecular weight is 329 g/mol. The van der Waals surface area contributed by atoms with Gasteiger partial charge in [0, 0.05) is 24.3 Å². The lowest BCUT2D eigenvalue weighted by Gasteiger charge is -2.08. The number of nitrogens with one attached hydrogen (secondary N) is 2. The van der Waals surface area contributed by atoms with Crippen molar-refractivity contribution in [2.45, 2.75) is 6.42 Å². The number of urea groups is 1. The van der Waals surface area contributed by atoms with Crippen LogP contribution in [0.2, 0.25) is 5.02 Å². The van der Waals surface area contributed by atoms with Crippen molar-refractivity contribution in [2.24, 2.45) is 7.05 Å². The van der Waals surface area contributed by atoms with E-state index in [4.69, 9.17) is 11.6 Å². The van der Waals surface area contributed by atoms with Gasteiger partial charge in [-0.3, -0.25) is 0 Å². The van der Waals surface area contributed by atoms with Crippen molar-refractivity contribution in [1.29, 1.82) is 0 Å². The highest BCUT2D eigenvalue weighted by Crippen LogP contribution is 2.14. The maximum Gasteiger partial charge on any atom is 0.319 e. The molecule has 23 heavy (non-hydrogen) atoms. The summed E-state index contributed by atoms with van der Waals surface area (Å²) in [7, 11) is 1.97. The van der Waals surface area contributed by atoms with Crippen molar-refractivity contribution < 1.29 is 4.79 Å². The second-order valence-corrected chi connectivity index (χ2v) is 5.75. The van der Waals surface area contributed by atoms with Gasteiger partial charge in [-0.25, -0.2) is 9.78 Å². The predicted octanol–water partition coefficient (Wildman–Crippen LogP) is 3.59. The first-order chi connectivity index (χ1) is 11.1. The number of rotatable bonds is 4. The second-order valence-electron chi connectivity index (χ2n) is 5.32. The zero-order valence-corrected chi connectivity index (χ0v) is 13.5. The van der Waals surface area contributed by atoms with E-state index in [-0.39, 0.29) is 6.03 Å². The van der Waals surface area contributed by atoms with Crippen LogP contribution in [-0.2, 0) is 13.5 Å². The second kappa shape index (κ2) is 6.71. The fourth-order valence-corrected chi connectivity index (χ4v) is 2.49. The smallest absolute Gasteiger partial charge is 0.319 e. The van der Waals surface area contributed by atoms with Crippen molar-refractivity contribution in [1.82, 2.24) is 14.9 Å². The lowest BCUT2D eigenvalue weighted by atomic mass is 10.1. The highest BCUT2D eigenvalue weighted by molar-refractivity contribution is 6.30. The number of aromatic nitrogens is 2. The Morgan fingerprint density at radius 3 is 2.78 bits per heavy atom. The first kappa shape index (κ1) is 15.4. The molecular weight excluding hydrogens is 312 g/mol. The largest absolute Gasteiger partial charge is 0.338 e. The highest BCUT2D eigenvalue weighted by atomic mass is 35.5. The minimum absolute atomic E-state index is 0.230. The van der Waals surface area contributed by atoms with Crippen LogP contribution in [0.15, 0.2) is 48.8 Å². The van der Waals surface area contributed by atoms with Gasteiger partial charge >= 0.3 is 6.03 Å². The van der Waals surface area contributed by atoms with E-state index in [2.05, 4.69) is 21.7 Å². The normalized spacial score (nSPS) is 10.7. The molecule has 0 saturated heterocycles. The topological polar surface area (TPSA) is 59.0 Å². The molecule has 1 heterocycles. The van der Waals surface area contributed by atoms with Crippen molar-refractivity contribution in [2.75, 3.05) is 11.9 Å². The maximum absolute atomic E-state index is 11.8. The standard InChI is InChI=1S/C17H17ClN4O/c1-22-11-20-15-10-12(2-7-16(15)22)8-9-19-17(23)21-14-5-3-13(18)4-6-14/h2-7,10-11H,8-9H2,1H3,(H2,19,21,23). The van der Waals surface area contributed by atoms with Gasteiger partial charge in [0.15, 0.2) is 0 Å². The first-order valence-corrected chi connectivity index (χ1v) is 7.70. The molecule has 3 aromatic rings. The fourth-order valence-electron chi connectivity index (χ4n) is 2.37. The molecule has 0 unspecified atom stereocenters. The Labute approximate surface area is 139 Å². The summed E-state index contributed by atoms with van der Waals surface area (Å²) in [6.45, 7) is 0.553. The third kappa shape index (κ3) is 3.81. The Morgan fingerprint density at radius 1 is 1.22 bits per heavy atom. The third-order valence-electron chi connectivity index (χ3n) is 3.59. The van der Waals surface area contributed by atoms with E-state index in [0.29, 0.717) is 17.3 Å². The number of halogens is 1. The minimum Gasteiger partial charge on any atom is -0.338 e. The Hall–Kier alpha value is -2.53. The number of benzene rings is 2. The highest BCUT2D eigenvalue weighted by Gasteiger charge is 2.03. The van der Waals surface area contributed by atoms with Gasteiger partial charge in [0.25, 0.3) is 0 Å². The van der Waals surface area contributed by atoms with Gasteiger partial charge in [-0.05, 0) is 48.4 Å². The Bertz CT molecular complexity index is 826. The molecule has 0 saturated carbocycles. The van der Waals surface area contributed by atoms with E-state index in [1.54, 1.807) is 30.6 Å². The molecule has 5 nitrogen and oxygen atoms in total. The number of fused-ring (bicyclic) bond motifs is 1. The molecule has 2 N–H and O–H groups in total. The molecule has 0 aliphatic rings. The van der Waals surface area contributed by atoms with Crippen LogP contribution in [-0.4, -0.2) is 22.1 Å². The van der Waals surface area contributed by atoms with Gasteiger partial charge in [0.1, 0.15) is 0 Å². The fraction of sp³-hybridized carbons (Fsp3) is 0.176. The lowest BCUT2D eigenvalue weighted by molar-refractivity contribution is 0.252. The van der Waals surface area contributed by atoms with Crippen molar-refractivity contribution in [3.63, 3.8) is 0 Å². The van der Waals surface area contributed by atoms with Crippen LogP contribution < -0.4 is 10.6 Å². The quantitative estimate of drug-likeness (QED) is 0.769. The van der Waals surface area contributed by atoms with Crippen molar-refractivity contribution in [3.8, 4) is 0 Å². The van der Waals surface area contributed by atoms with Crippen LogP contribution in [0.1, 0.15) is 5.56 Å². The summed E-state index contributed by atoms with van der Waals surface area (Å²) in [4.78, 5) is 16.2. The number of carbonyl (C=O) groups is 1. The van der Waals surface area contributed by atoms with Crippen molar-refractivity contribution in [3.05, 3.63) is 59.4 Å². The maximum atomic E-state index is 11.8. The summed E-state index contributed by atoms with van der Waals surface area (Å²) in [5, 5.41) is 6.24. The molecule has 0 aliphatic carbocycles. The molecule has 0 atom stereocenters. The number of aryl methyl sites for hydroxylation is 1. The van der Waals surface area contributed by atoms with Gasteiger partial charge in [-0.1, -0.05) is 17.7 Å². The molecule has 0 spiro atoms. The Kier molecular flexibility index (Phi) is 4.48. The molecular formula is C17H17ClN4O. The monoisotopic (exact) mass is 328 g/mol. The van der Waals surface area contributed by atoms with Crippen molar-refractivity contribution >= 4 is 34.4 Å². The first-order valence-electron chi connectivity index (χ1n) is 7.32. The van der Waals surface area contributed by atoms with Gasteiger partial charge in [-0.2, -0.15) is 0 Å². The van der Waals surface area contributed by atoms with Crippen LogP contribution in [0.5, 0.6) is 0 Å². The number of hydrogen-bond donors (Lipinski definition) is 2.